The van der Waals surface area contributed by atoms with Gasteiger partial charge in [0, 0.05) is 24.9 Å². The third kappa shape index (κ3) is 7.03. The molecule has 5 atom stereocenters. The molecule has 1 aliphatic heterocycles. The summed E-state index contributed by atoms with van der Waals surface area (Å²) < 4.78 is 5.44. The van der Waals surface area contributed by atoms with Crippen molar-refractivity contribution >= 4 is 5.91 Å². The van der Waals surface area contributed by atoms with Gasteiger partial charge in [-0.25, -0.2) is 5.84 Å². The van der Waals surface area contributed by atoms with Crippen molar-refractivity contribution in [3.63, 3.8) is 0 Å². The van der Waals surface area contributed by atoms with Gasteiger partial charge in [0.15, 0.2) is 0 Å². The van der Waals surface area contributed by atoms with Crippen molar-refractivity contribution in [3.05, 3.63) is 11.9 Å². The van der Waals surface area contributed by atoms with Gasteiger partial charge in [0.25, 0.3) is 0 Å². The Labute approximate surface area is 152 Å². The molecule has 0 spiro atoms. The van der Waals surface area contributed by atoms with Crippen molar-refractivity contribution < 1.29 is 24.9 Å². The fourth-order valence-electron chi connectivity index (χ4n) is 2.67. The average Bonchev–Trinajstić information content (AvgIpc) is 2.59. The first kappa shape index (κ1) is 22.6. The first-order chi connectivity index (χ1) is 12.3. The van der Waals surface area contributed by atoms with Crippen LogP contribution >= 0.6 is 0 Å². The number of hydrogen-bond donors (Lipinski definition) is 8. The predicted molar refractivity (Wildman–Crippen MR) is 94.6 cm³/mol. The highest BCUT2D eigenvalue weighted by Crippen LogP contribution is 2.21. The Kier molecular flexibility index (Phi) is 9.80. The number of aliphatic hydroxyl groups is 3. The topological polar surface area (TPSA) is 206 Å². The molecule has 1 amide bonds. The number of amides is 1. The third-order valence-electron chi connectivity index (χ3n) is 4.22. The number of nitrogens with one attached hydrogen (secondary N) is 1. The van der Waals surface area contributed by atoms with E-state index in [-0.39, 0.29) is 13.0 Å². The molecule has 5 unspecified atom stereocenters. The average molecular weight is 376 g/mol. The molecule has 0 aromatic rings. The lowest BCUT2D eigenvalue weighted by atomic mass is 10.0. The number of aliphatic hydroxyl groups excluding tert-OH is 3. The van der Waals surface area contributed by atoms with Crippen LogP contribution in [-0.4, -0.2) is 76.5 Å². The molecule has 1 saturated heterocycles. The van der Waals surface area contributed by atoms with Gasteiger partial charge in [-0.15, -0.1) is 0 Å². The van der Waals surface area contributed by atoms with E-state index < -0.39 is 43.1 Å². The van der Waals surface area contributed by atoms with Crippen LogP contribution in [0.4, 0.5) is 0 Å². The first-order valence-electron chi connectivity index (χ1n) is 8.64. The molecule has 1 fully saturated rings. The van der Waals surface area contributed by atoms with Gasteiger partial charge in [0.1, 0.15) is 18.4 Å². The van der Waals surface area contributed by atoms with Crippen LogP contribution in [0.3, 0.4) is 0 Å². The lowest BCUT2D eigenvalue weighted by molar-refractivity contribution is -0.211. The minimum atomic E-state index is -1.18. The highest BCUT2D eigenvalue weighted by Gasteiger charge is 2.37. The van der Waals surface area contributed by atoms with E-state index >= 15 is 0 Å². The molecule has 0 saturated carbocycles. The van der Waals surface area contributed by atoms with Crippen molar-refractivity contribution in [3.8, 4) is 0 Å². The van der Waals surface area contributed by atoms with Gasteiger partial charge in [-0.2, -0.15) is 0 Å². The van der Waals surface area contributed by atoms with Crippen LogP contribution in [0.2, 0.25) is 0 Å². The largest absolute Gasteiger partial charge is 0.400 e. The summed E-state index contributed by atoms with van der Waals surface area (Å²) in [6.07, 6.45) is -0.397. The fourth-order valence-corrected chi connectivity index (χ4v) is 2.67. The summed E-state index contributed by atoms with van der Waals surface area (Å²) in [7, 11) is 0. The quantitative estimate of drug-likeness (QED) is 0.101. The SMILES string of the molecule is NCCCCC(NC/C(N)=C/N(N)C1CC(O)C(O)C(CO)O1)C(N)=O. The molecular weight excluding hydrogens is 344 g/mol. The van der Waals surface area contributed by atoms with Gasteiger partial charge in [-0.3, -0.25) is 9.80 Å². The van der Waals surface area contributed by atoms with Crippen LogP contribution in [0, 0.1) is 0 Å². The van der Waals surface area contributed by atoms with Gasteiger partial charge in [-0.05, 0) is 19.4 Å². The summed E-state index contributed by atoms with van der Waals surface area (Å²) in [6, 6.07) is -0.526. The van der Waals surface area contributed by atoms with Crippen molar-refractivity contribution in [2.24, 2.45) is 23.0 Å². The molecule has 152 valence electrons. The van der Waals surface area contributed by atoms with Crippen LogP contribution < -0.4 is 28.4 Å². The molecule has 0 bridgehead atoms. The van der Waals surface area contributed by atoms with E-state index in [1.165, 1.54) is 6.20 Å². The summed E-state index contributed by atoms with van der Waals surface area (Å²) in [5.74, 6) is 5.41. The molecule has 26 heavy (non-hydrogen) atoms. The molecule has 0 radical (unpaired) electrons. The highest BCUT2D eigenvalue weighted by atomic mass is 16.5. The zero-order valence-electron chi connectivity index (χ0n) is 14.8. The molecule has 1 aliphatic rings. The Morgan fingerprint density at radius 1 is 1.35 bits per heavy atom. The molecule has 0 aliphatic carbocycles. The second kappa shape index (κ2) is 11.3. The van der Waals surface area contributed by atoms with Gasteiger partial charge in [0.05, 0.1) is 18.8 Å². The number of unbranched alkanes of at least 4 members (excludes halogenated alkanes) is 1. The number of rotatable bonds is 11. The normalized spacial score (nSPS) is 28.0. The van der Waals surface area contributed by atoms with E-state index in [9.17, 15) is 20.1 Å². The fraction of sp³-hybridized carbons (Fsp3) is 0.800. The zero-order chi connectivity index (χ0) is 19.7. The third-order valence-corrected chi connectivity index (χ3v) is 4.22. The Hall–Kier alpha value is -1.47. The molecule has 11 heteroatoms. The summed E-state index contributed by atoms with van der Waals surface area (Å²) in [5.41, 5.74) is 17.0. The molecule has 11 nitrogen and oxygen atoms in total. The van der Waals surface area contributed by atoms with Crippen LogP contribution in [0.25, 0.3) is 0 Å². The zero-order valence-corrected chi connectivity index (χ0v) is 14.8. The number of primary amides is 1. The van der Waals surface area contributed by atoms with E-state index in [0.29, 0.717) is 18.7 Å². The van der Waals surface area contributed by atoms with Gasteiger partial charge in [0.2, 0.25) is 5.91 Å². The predicted octanol–water partition coefficient (Wildman–Crippen LogP) is -3.64. The maximum absolute atomic E-state index is 11.4. The summed E-state index contributed by atoms with van der Waals surface area (Å²) in [4.78, 5) is 11.4. The van der Waals surface area contributed by atoms with E-state index in [0.717, 1.165) is 17.9 Å². The van der Waals surface area contributed by atoms with Crippen molar-refractivity contribution in [2.45, 2.75) is 56.3 Å². The van der Waals surface area contributed by atoms with Crippen molar-refractivity contribution in [1.82, 2.24) is 10.3 Å². The van der Waals surface area contributed by atoms with E-state index in [1.54, 1.807) is 0 Å². The lowest BCUT2D eigenvalue weighted by Crippen LogP contribution is -2.55. The van der Waals surface area contributed by atoms with Crippen LogP contribution in [0.5, 0.6) is 0 Å². The van der Waals surface area contributed by atoms with E-state index in [4.69, 9.17) is 27.8 Å². The van der Waals surface area contributed by atoms with Crippen molar-refractivity contribution in [1.29, 1.82) is 0 Å². The number of carbonyl (C=O) groups excluding carboxylic acids is 1. The van der Waals surface area contributed by atoms with Gasteiger partial charge >= 0.3 is 0 Å². The molecule has 0 aromatic carbocycles. The summed E-state index contributed by atoms with van der Waals surface area (Å²) in [6.45, 7) is 0.268. The molecular formula is C15H32N6O5. The molecule has 1 rings (SSSR count). The number of nitrogens with two attached hydrogens (primary N) is 4. The summed E-state index contributed by atoms with van der Waals surface area (Å²) >= 11 is 0. The maximum atomic E-state index is 11.4. The Bertz CT molecular complexity index is 466. The standard InChI is InChI=1S/C15H32N6O5/c16-4-2-1-3-10(15(18)25)20-6-9(17)7-21(19)13-5-11(23)14(24)12(8-22)26-13/h7,10-14,20,22-24H,1-6,8,16-17,19H2,(H2,18,25)/b9-7-. The van der Waals surface area contributed by atoms with Crippen molar-refractivity contribution in [2.75, 3.05) is 19.7 Å². The lowest BCUT2D eigenvalue weighted by Gasteiger charge is -2.39. The number of carbonyl (C=O) groups is 1. The Balaban J connectivity index is 2.55. The number of nitrogens with zero attached hydrogens (tertiary/aromatic N) is 1. The van der Waals surface area contributed by atoms with E-state index in [2.05, 4.69) is 5.32 Å². The molecule has 0 aromatic heterocycles. The second-order valence-corrected chi connectivity index (χ2v) is 6.38. The Morgan fingerprint density at radius 3 is 2.62 bits per heavy atom. The monoisotopic (exact) mass is 376 g/mol. The van der Waals surface area contributed by atoms with Crippen LogP contribution in [0.15, 0.2) is 11.9 Å². The smallest absolute Gasteiger partial charge is 0.234 e. The van der Waals surface area contributed by atoms with E-state index in [1.807, 2.05) is 0 Å². The van der Waals surface area contributed by atoms with Gasteiger partial charge < -0.3 is 42.6 Å². The molecule has 1 heterocycles. The minimum Gasteiger partial charge on any atom is -0.400 e. The van der Waals surface area contributed by atoms with Crippen LogP contribution in [-0.2, 0) is 9.53 Å². The number of ether oxygens (including phenoxy) is 1. The first-order valence-corrected chi connectivity index (χ1v) is 8.64. The Morgan fingerprint density at radius 2 is 2.04 bits per heavy atom. The number of hydrazine groups is 1. The number of hydrogen-bond acceptors (Lipinski definition) is 10. The molecule has 12 N–H and O–H groups in total. The maximum Gasteiger partial charge on any atom is 0.234 e. The second-order valence-electron chi connectivity index (χ2n) is 6.38. The van der Waals surface area contributed by atoms with Crippen LogP contribution in [0.1, 0.15) is 25.7 Å². The van der Waals surface area contributed by atoms with Gasteiger partial charge in [-0.1, -0.05) is 6.42 Å². The summed E-state index contributed by atoms with van der Waals surface area (Å²) in [5, 5.41) is 32.8. The minimum absolute atomic E-state index is 0.0500. The highest BCUT2D eigenvalue weighted by molar-refractivity contribution is 5.79.